The van der Waals surface area contributed by atoms with Crippen molar-refractivity contribution < 1.29 is 0 Å². The van der Waals surface area contributed by atoms with Crippen LogP contribution in [0.25, 0.3) is 11.3 Å². The van der Waals surface area contributed by atoms with E-state index in [1.165, 1.54) is 0 Å². The third-order valence-electron chi connectivity index (χ3n) is 2.06. The molecule has 0 unspecified atom stereocenters. The molecule has 0 bridgehead atoms. The molecule has 0 saturated carbocycles. The van der Waals surface area contributed by atoms with Crippen molar-refractivity contribution in [3.8, 4) is 11.3 Å². The first kappa shape index (κ1) is 10.4. The minimum Gasteiger partial charge on any atom is -0.398 e. The van der Waals surface area contributed by atoms with Gasteiger partial charge in [0.25, 0.3) is 0 Å². The van der Waals surface area contributed by atoms with Gasteiger partial charge in [-0.3, -0.25) is 0 Å². The molecule has 78 valence electrons. The third-order valence-corrected chi connectivity index (χ3v) is 2.83. The summed E-state index contributed by atoms with van der Waals surface area (Å²) in [5.74, 6) is 0. The molecule has 0 atom stereocenters. The van der Waals surface area contributed by atoms with E-state index in [0.717, 1.165) is 11.3 Å². The van der Waals surface area contributed by atoms with Gasteiger partial charge in [-0.05, 0) is 34.1 Å². The van der Waals surface area contributed by atoms with Crippen molar-refractivity contribution in [1.29, 1.82) is 0 Å². The molecule has 0 saturated heterocycles. The summed E-state index contributed by atoms with van der Waals surface area (Å²) in [7, 11) is 1.80. The maximum atomic E-state index is 5.92. The van der Waals surface area contributed by atoms with Gasteiger partial charge in [-0.15, -0.1) is 5.10 Å². The molecule has 6 heteroatoms. The van der Waals surface area contributed by atoms with Crippen LogP contribution in [0.1, 0.15) is 0 Å². The number of anilines is 1. The first-order chi connectivity index (χ1) is 7.09. The fourth-order valence-electron chi connectivity index (χ4n) is 1.35. The first-order valence-corrected chi connectivity index (χ1v) is 5.37. The van der Waals surface area contributed by atoms with Crippen LogP contribution < -0.4 is 5.73 Å². The smallest absolute Gasteiger partial charge is 0.156 e. The standard InChI is InChI=1S/C9H8BrClN4/c1-15-8(9(10)13-14-15)6-4-5(11)2-3-7(6)12/h2-4H,12H2,1H3. The quantitative estimate of drug-likeness (QED) is 0.820. The Morgan fingerprint density at radius 1 is 1.47 bits per heavy atom. The number of nitrogens with zero attached hydrogens (tertiary/aromatic N) is 3. The number of benzene rings is 1. The Bertz CT molecular complexity index is 489. The number of hydrogen-bond acceptors (Lipinski definition) is 3. The fourth-order valence-corrected chi connectivity index (χ4v) is 2.06. The predicted octanol–water partition coefficient (Wildman–Crippen LogP) is 2.48. The number of hydrogen-bond donors (Lipinski definition) is 1. The van der Waals surface area contributed by atoms with Gasteiger partial charge in [0.2, 0.25) is 0 Å². The largest absolute Gasteiger partial charge is 0.398 e. The summed E-state index contributed by atoms with van der Waals surface area (Å²) < 4.78 is 2.30. The van der Waals surface area contributed by atoms with Gasteiger partial charge >= 0.3 is 0 Å². The molecule has 0 aliphatic carbocycles. The molecule has 1 aromatic heterocycles. The number of aromatic nitrogens is 3. The molecule has 15 heavy (non-hydrogen) atoms. The highest BCUT2D eigenvalue weighted by molar-refractivity contribution is 9.10. The van der Waals surface area contributed by atoms with Gasteiger partial charge in [-0.2, -0.15) is 0 Å². The normalized spacial score (nSPS) is 10.6. The second-order valence-corrected chi connectivity index (χ2v) is 4.27. The van der Waals surface area contributed by atoms with Gasteiger partial charge < -0.3 is 5.73 Å². The van der Waals surface area contributed by atoms with Crippen LogP contribution in [-0.4, -0.2) is 15.0 Å². The highest BCUT2D eigenvalue weighted by atomic mass is 79.9. The predicted molar refractivity (Wildman–Crippen MR) is 63.6 cm³/mol. The number of aryl methyl sites for hydroxylation is 1. The average molecular weight is 288 g/mol. The van der Waals surface area contributed by atoms with E-state index in [2.05, 4.69) is 26.2 Å². The van der Waals surface area contributed by atoms with Crippen molar-refractivity contribution in [2.75, 3.05) is 5.73 Å². The average Bonchev–Trinajstić information content (AvgIpc) is 2.51. The van der Waals surface area contributed by atoms with E-state index in [9.17, 15) is 0 Å². The van der Waals surface area contributed by atoms with Crippen LogP contribution in [0.5, 0.6) is 0 Å². The Hall–Kier alpha value is -1.07. The number of rotatable bonds is 1. The molecule has 0 aliphatic rings. The molecule has 0 fully saturated rings. The van der Waals surface area contributed by atoms with Crippen molar-refractivity contribution in [3.63, 3.8) is 0 Å². The van der Waals surface area contributed by atoms with E-state index in [1.54, 1.807) is 29.9 Å². The van der Waals surface area contributed by atoms with Gasteiger partial charge in [0.05, 0.1) is 0 Å². The highest BCUT2D eigenvalue weighted by Gasteiger charge is 2.13. The van der Waals surface area contributed by atoms with E-state index >= 15 is 0 Å². The van der Waals surface area contributed by atoms with E-state index in [0.29, 0.717) is 15.3 Å². The zero-order valence-electron chi connectivity index (χ0n) is 7.91. The van der Waals surface area contributed by atoms with Crippen LogP contribution in [0.15, 0.2) is 22.8 Å². The molecular weight excluding hydrogens is 279 g/mol. The van der Waals surface area contributed by atoms with E-state index in [1.807, 2.05) is 0 Å². The summed E-state index contributed by atoms with van der Waals surface area (Å²) in [6.45, 7) is 0. The Morgan fingerprint density at radius 3 is 2.80 bits per heavy atom. The Morgan fingerprint density at radius 2 is 2.20 bits per heavy atom. The van der Waals surface area contributed by atoms with Gasteiger partial charge in [-0.25, -0.2) is 4.68 Å². The van der Waals surface area contributed by atoms with Crippen LogP contribution in [-0.2, 0) is 7.05 Å². The number of nitrogen functional groups attached to an aromatic ring is 1. The lowest BCUT2D eigenvalue weighted by atomic mass is 10.1. The van der Waals surface area contributed by atoms with Gasteiger partial charge in [0.1, 0.15) is 5.69 Å². The monoisotopic (exact) mass is 286 g/mol. The molecule has 2 aromatic rings. The van der Waals surface area contributed by atoms with Crippen molar-refractivity contribution in [3.05, 3.63) is 27.8 Å². The second-order valence-electron chi connectivity index (χ2n) is 3.08. The van der Waals surface area contributed by atoms with E-state index in [-0.39, 0.29) is 0 Å². The summed E-state index contributed by atoms with van der Waals surface area (Å²) in [6.07, 6.45) is 0. The molecule has 0 aliphatic heterocycles. The number of halogens is 2. The molecule has 2 rings (SSSR count). The zero-order chi connectivity index (χ0) is 11.0. The molecule has 1 heterocycles. The number of nitrogens with two attached hydrogens (primary N) is 1. The maximum Gasteiger partial charge on any atom is 0.156 e. The summed E-state index contributed by atoms with van der Waals surface area (Å²) in [5.41, 5.74) is 8.15. The van der Waals surface area contributed by atoms with Gasteiger partial charge in [0.15, 0.2) is 4.60 Å². The summed E-state index contributed by atoms with van der Waals surface area (Å²) in [5, 5.41) is 8.41. The lowest BCUT2D eigenvalue weighted by molar-refractivity contribution is 0.720. The third kappa shape index (κ3) is 1.85. The molecule has 2 N–H and O–H groups in total. The van der Waals surface area contributed by atoms with Crippen LogP contribution in [0.2, 0.25) is 5.02 Å². The molecule has 4 nitrogen and oxygen atoms in total. The minimum atomic E-state index is 0.632. The van der Waals surface area contributed by atoms with Crippen LogP contribution in [0.3, 0.4) is 0 Å². The molecule has 0 radical (unpaired) electrons. The minimum absolute atomic E-state index is 0.632. The van der Waals surface area contributed by atoms with E-state index in [4.69, 9.17) is 17.3 Å². The summed E-state index contributed by atoms with van der Waals surface area (Å²) in [4.78, 5) is 0. The van der Waals surface area contributed by atoms with Crippen molar-refractivity contribution >= 4 is 33.2 Å². The Labute approximate surface area is 100 Å². The SMILES string of the molecule is Cn1nnc(Br)c1-c1cc(Cl)ccc1N. The Kier molecular flexibility index (Phi) is 2.67. The van der Waals surface area contributed by atoms with Crippen LogP contribution in [0.4, 0.5) is 5.69 Å². The highest BCUT2D eigenvalue weighted by Crippen LogP contribution is 2.32. The maximum absolute atomic E-state index is 5.92. The topological polar surface area (TPSA) is 56.7 Å². The lowest BCUT2D eigenvalue weighted by Gasteiger charge is -2.06. The van der Waals surface area contributed by atoms with Crippen molar-refractivity contribution in [2.45, 2.75) is 0 Å². The summed E-state index contributed by atoms with van der Waals surface area (Å²) >= 11 is 9.24. The lowest BCUT2D eigenvalue weighted by Crippen LogP contribution is -1.97. The van der Waals surface area contributed by atoms with Crippen molar-refractivity contribution in [2.24, 2.45) is 7.05 Å². The fraction of sp³-hybridized carbons (Fsp3) is 0.111. The van der Waals surface area contributed by atoms with Gasteiger partial charge in [-0.1, -0.05) is 16.8 Å². The zero-order valence-corrected chi connectivity index (χ0v) is 10.2. The molecular formula is C9H8BrClN4. The molecule has 0 spiro atoms. The van der Waals surface area contributed by atoms with Crippen LogP contribution in [0, 0.1) is 0 Å². The Balaban J connectivity index is 2.68. The molecule has 0 amide bonds. The summed E-state index contributed by atoms with van der Waals surface area (Å²) in [6, 6.07) is 5.30. The van der Waals surface area contributed by atoms with Crippen LogP contribution >= 0.6 is 27.5 Å². The van der Waals surface area contributed by atoms with Gasteiger partial charge in [0, 0.05) is 23.3 Å². The second kappa shape index (κ2) is 3.83. The molecule has 1 aromatic carbocycles. The van der Waals surface area contributed by atoms with E-state index < -0.39 is 0 Å². The first-order valence-electron chi connectivity index (χ1n) is 4.20. The van der Waals surface area contributed by atoms with Crippen molar-refractivity contribution in [1.82, 2.24) is 15.0 Å².